The normalized spacial score (nSPS) is 11.2. The van der Waals surface area contributed by atoms with E-state index in [0.29, 0.717) is 22.9 Å². The highest BCUT2D eigenvalue weighted by Gasteiger charge is 2.17. The average molecular weight is 493 g/mol. The number of para-hydroxylation sites is 1. The Balaban J connectivity index is 1.41. The molecule has 2 amide bonds. The number of hydrogen-bond acceptors (Lipinski definition) is 5. The number of urea groups is 1. The Morgan fingerprint density at radius 2 is 1.78 bits per heavy atom. The molecule has 182 valence electrons. The lowest BCUT2D eigenvalue weighted by molar-refractivity contribution is 0.230. The van der Waals surface area contributed by atoms with Crippen LogP contribution in [0.2, 0.25) is 0 Å². The third-order valence-electron chi connectivity index (χ3n) is 6.04. The van der Waals surface area contributed by atoms with Crippen molar-refractivity contribution in [2.24, 2.45) is 0 Å². The van der Waals surface area contributed by atoms with E-state index in [4.69, 9.17) is 4.98 Å². The van der Waals surface area contributed by atoms with E-state index in [0.717, 1.165) is 38.7 Å². The lowest BCUT2D eigenvalue weighted by atomic mass is 10.0. The average Bonchev–Trinajstić information content (AvgIpc) is 3.53. The van der Waals surface area contributed by atoms with E-state index < -0.39 is 0 Å². The van der Waals surface area contributed by atoms with Crippen molar-refractivity contribution in [1.82, 2.24) is 35.0 Å². The number of hydrogen-bond donors (Lipinski definition) is 3. The molecule has 0 radical (unpaired) electrons. The zero-order valence-electron chi connectivity index (χ0n) is 20.0. The molecule has 10 heteroatoms. The third kappa shape index (κ3) is 4.14. The van der Waals surface area contributed by atoms with Crippen LogP contribution in [0, 0.1) is 5.82 Å². The summed E-state index contributed by atoms with van der Waals surface area (Å²) in [5, 5.41) is 11.0. The van der Waals surface area contributed by atoms with Crippen LogP contribution in [0.3, 0.4) is 0 Å². The highest BCUT2D eigenvalue weighted by atomic mass is 19.1. The van der Waals surface area contributed by atoms with Crippen LogP contribution in [0.15, 0.2) is 73.2 Å². The zero-order valence-corrected chi connectivity index (χ0v) is 20.0. The Bertz CT molecular complexity index is 1770. The molecule has 3 N–H and O–H groups in total. The lowest BCUT2D eigenvalue weighted by Gasteiger charge is -2.12. The van der Waals surface area contributed by atoms with Crippen molar-refractivity contribution >= 4 is 33.8 Å². The van der Waals surface area contributed by atoms with Crippen molar-refractivity contribution in [3.05, 3.63) is 79.0 Å². The molecular formula is C27H21FN8O. The summed E-state index contributed by atoms with van der Waals surface area (Å²) >= 11 is 0. The number of halogens is 1. The summed E-state index contributed by atoms with van der Waals surface area (Å²) in [6, 6.07) is 15.7. The highest BCUT2D eigenvalue weighted by Crippen LogP contribution is 2.32. The van der Waals surface area contributed by atoms with Gasteiger partial charge in [-0.05, 0) is 35.9 Å². The summed E-state index contributed by atoms with van der Waals surface area (Å²) in [6.07, 6.45) is 5.03. The van der Waals surface area contributed by atoms with Gasteiger partial charge in [0.1, 0.15) is 11.5 Å². The van der Waals surface area contributed by atoms with Gasteiger partial charge in [0.25, 0.3) is 0 Å². The molecule has 0 atom stereocenters. The van der Waals surface area contributed by atoms with Crippen molar-refractivity contribution in [2.75, 3.05) is 19.4 Å². The van der Waals surface area contributed by atoms with Gasteiger partial charge in [-0.3, -0.25) is 10.1 Å². The molecular weight excluding hydrogens is 471 g/mol. The maximum atomic E-state index is 13.5. The monoisotopic (exact) mass is 492 g/mol. The fourth-order valence-corrected chi connectivity index (χ4v) is 4.15. The molecule has 0 unspecified atom stereocenters. The van der Waals surface area contributed by atoms with E-state index in [1.54, 1.807) is 44.8 Å². The number of anilines is 1. The Morgan fingerprint density at radius 1 is 0.973 bits per heavy atom. The molecule has 6 rings (SSSR count). The Hall–Kier alpha value is -5.12. The second kappa shape index (κ2) is 8.83. The molecule has 4 aromatic heterocycles. The Labute approximate surface area is 210 Å². The molecule has 37 heavy (non-hydrogen) atoms. The van der Waals surface area contributed by atoms with Crippen molar-refractivity contribution in [2.45, 2.75) is 0 Å². The second-order valence-corrected chi connectivity index (χ2v) is 8.77. The molecule has 9 nitrogen and oxygen atoms in total. The van der Waals surface area contributed by atoms with Crippen LogP contribution >= 0.6 is 0 Å². The minimum Gasteiger partial charge on any atom is -0.337 e. The molecule has 0 bridgehead atoms. The summed E-state index contributed by atoms with van der Waals surface area (Å²) in [7, 11) is 3.34. The fraction of sp³-hybridized carbons (Fsp3) is 0.0741. The number of H-pyrrole nitrogens is 2. The number of pyridine rings is 2. The number of amides is 2. The molecule has 0 aliphatic carbocycles. The number of fused-ring (bicyclic) bond motifs is 2. The minimum absolute atomic E-state index is 0.241. The largest absolute Gasteiger partial charge is 0.337 e. The van der Waals surface area contributed by atoms with Crippen molar-refractivity contribution in [3.8, 4) is 33.8 Å². The quantitative estimate of drug-likeness (QED) is 0.302. The third-order valence-corrected chi connectivity index (χ3v) is 6.04. The lowest BCUT2D eigenvalue weighted by Crippen LogP contribution is -2.27. The van der Waals surface area contributed by atoms with Crippen LogP contribution < -0.4 is 5.32 Å². The van der Waals surface area contributed by atoms with Gasteiger partial charge < -0.3 is 15.2 Å². The fourth-order valence-electron chi connectivity index (χ4n) is 4.15. The van der Waals surface area contributed by atoms with Gasteiger partial charge in [0, 0.05) is 43.2 Å². The van der Waals surface area contributed by atoms with Crippen LogP contribution in [-0.4, -0.2) is 55.2 Å². The number of nitrogens with zero attached hydrogens (tertiary/aromatic N) is 5. The van der Waals surface area contributed by atoms with E-state index >= 15 is 0 Å². The summed E-state index contributed by atoms with van der Waals surface area (Å²) < 4.78 is 13.5. The first-order chi connectivity index (χ1) is 18.0. The van der Waals surface area contributed by atoms with E-state index in [2.05, 4.69) is 30.5 Å². The molecule has 0 spiro atoms. The number of carbonyl (C=O) groups excluding carboxylic acids is 1. The highest BCUT2D eigenvalue weighted by molar-refractivity contribution is 5.97. The molecule has 2 aromatic carbocycles. The summed E-state index contributed by atoms with van der Waals surface area (Å²) in [4.78, 5) is 30.5. The van der Waals surface area contributed by atoms with Gasteiger partial charge in [-0.1, -0.05) is 24.3 Å². The molecule has 0 saturated heterocycles. The number of aromatic nitrogens is 6. The molecule has 0 aliphatic heterocycles. The second-order valence-electron chi connectivity index (χ2n) is 8.77. The first-order valence-corrected chi connectivity index (χ1v) is 11.5. The van der Waals surface area contributed by atoms with E-state index in [1.807, 2.05) is 30.3 Å². The maximum absolute atomic E-state index is 13.5. The molecule has 4 heterocycles. The number of benzene rings is 2. The number of imidazole rings is 1. The smallest absolute Gasteiger partial charge is 0.321 e. The number of nitrogens with one attached hydrogen (secondary N) is 3. The topological polar surface area (TPSA) is 115 Å². The Morgan fingerprint density at radius 3 is 2.59 bits per heavy atom. The first-order valence-electron chi connectivity index (χ1n) is 11.5. The maximum Gasteiger partial charge on any atom is 0.321 e. The number of rotatable bonds is 4. The Kier molecular flexibility index (Phi) is 5.33. The first kappa shape index (κ1) is 22.4. The van der Waals surface area contributed by atoms with Gasteiger partial charge in [0.05, 0.1) is 28.3 Å². The van der Waals surface area contributed by atoms with Crippen LogP contribution in [0.25, 0.3) is 55.8 Å². The predicted octanol–water partition coefficient (Wildman–Crippen LogP) is 5.46. The molecule has 0 fully saturated rings. The molecule has 6 aromatic rings. The van der Waals surface area contributed by atoms with Gasteiger partial charge >= 0.3 is 6.03 Å². The van der Waals surface area contributed by atoms with Crippen LogP contribution in [0.4, 0.5) is 14.9 Å². The van der Waals surface area contributed by atoms with Crippen LogP contribution in [-0.2, 0) is 0 Å². The number of carbonyl (C=O) groups is 1. The van der Waals surface area contributed by atoms with E-state index in [9.17, 15) is 9.18 Å². The van der Waals surface area contributed by atoms with Crippen molar-refractivity contribution in [3.63, 3.8) is 0 Å². The predicted molar refractivity (Wildman–Crippen MR) is 140 cm³/mol. The van der Waals surface area contributed by atoms with Crippen molar-refractivity contribution < 1.29 is 9.18 Å². The van der Waals surface area contributed by atoms with E-state index in [-0.39, 0.29) is 11.8 Å². The van der Waals surface area contributed by atoms with Crippen LogP contribution in [0.1, 0.15) is 0 Å². The van der Waals surface area contributed by atoms with Gasteiger partial charge in [0.15, 0.2) is 11.5 Å². The van der Waals surface area contributed by atoms with Gasteiger partial charge in [-0.15, -0.1) is 0 Å². The van der Waals surface area contributed by atoms with Crippen molar-refractivity contribution in [1.29, 1.82) is 0 Å². The summed E-state index contributed by atoms with van der Waals surface area (Å²) in [6.45, 7) is 0. The summed E-state index contributed by atoms with van der Waals surface area (Å²) in [5.41, 5.74) is 6.78. The zero-order chi connectivity index (χ0) is 25.5. The number of aromatic amines is 2. The molecule has 0 aliphatic rings. The summed E-state index contributed by atoms with van der Waals surface area (Å²) in [5.74, 6) is 0.297. The minimum atomic E-state index is -0.286. The standard InChI is InChI=1S/C27H21FN8O/c1-36(2)27(37)31-19-10-16(12-29-14-19)17-11-21-24(34-35-25(21)30-13-17)26-32-22-5-3-4-20(23(22)33-26)15-6-8-18(28)9-7-15/h3-14H,1-2H3,(H,31,37)(H,32,33)(H,30,34,35). The molecule has 0 saturated carbocycles. The van der Waals surface area contributed by atoms with Crippen LogP contribution in [0.5, 0.6) is 0 Å². The van der Waals surface area contributed by atoms with Gasteiger partial charge in [-0.25, -0.2) is 19.2 Å². The SMILES string of the molecule is CN(C)C(=O)Nc1cncc(-c2cnc3[nH]nc(-c4nc5c(-c6ccc(F)cc6)cccc5[nH]4)c3c2)c1. The van der Waals surface area contributed by atoms with Gasteiger partial charge in [-0.2, -0.15) is 5.10 Å². The van der Waals surface area contributed by atoms with Gasteiger partial charge in [0.2, 0.25) is 0 Å². The van der Waals surface area contributed by atoms with E-state index in [1.165, 1.54) is 17.0 Å².